The number of carbonyl (C=O) groups is 3. The molecule has 2 aromatic carbocycles. The van der Waals surface area contributed by atoms with Crippen LogP contribution in [0.4, 0.5) is 0 Å². The molecule has 3 rings (SSSR count). The SMILES string of the molecule is Cc1ccc(CNC(=O)c2ccc(C(=O)C(=O)c3ccccc3)cc2)n1C. The number of carbonyl (C=O) groups excluding carboxylic acids is 3. The Morgan fingerprint density at radius 3 is 1.89 bits per heavy atom. The van der Waals surface area contributed by atoms with Gasteiger partial charge in [-0.25, -0.2) is 0 Å². The summed E-state index contributed by atoms with van der Waals surface area (Å²) in [6.45, 7) is 2.41. The zero-order valence-electron chi connectivity index (χ0n) is 15.2. The highest BCUT2D eigenvalue weighted by Gasteiger charge is 2.18. The van der Waals surface area contributed by atoms with E-state index in [2.05, 4.69) is 5.32 Å². The zero-order chi connectivity index (χ0) is 19.4. The van der Waals surface area contributed by atoms with Gasteiger partial charge in [-0.1, -0.05) is 42.5 Å². The Hall–Kier alpha value is -3.47. The van der Waals surface area contributed by atoms with E-state index in [0.717, 1.165) is 11.4 Å². The van der Waals surface area contributed by atoms with Gasteiger partial charge in [-0.05, 0) is 31.2 Å². The van der Waals surface area contributed by atoms with Gasteiger partial charge in [0.2, 0.25) is 11.6 Å². The third-order valence-electron chi connectivity index (χ3n) is 4.56. The van der Waals surface area contributed by atoms with Crippen LogP contribution in [-0.2, 0) is 13.6 Å². The topological polar surface area (TPSA) is 68.2 Å². The molecule has 3 aromatic rings. The molecule has 27 heavy (non-hydrogen) atoms. The summed E-state index contributed by atoms with van der Waals surface area (Å²) in [7, 11) is 1.95. The maximum absolute atomic E-state index is 12.3. The second-order valence-electron chi connectivity index (χ2n) is 6.31. The number of aryl methyl sites for hydroxylation is 1. The predicted molar refractivity (Wildman–Crippen MR) is 103 cm³/mol. The Kier molecular flexibility index (Phi) is 5.31. The van der Waals surface area contributed by atoms with Crippen LogP contribution in [0.25, 0.3) is 0 Å². The van der Waals surface area contributed by atoms with Crippen molar-refractivity contribution in [2.75, 3.05) is 0 Å². The Balaban J connectivity index is 1.66. The van der Waals surface area contributed by atoms with E-state index in [1.54, 1.807) is 42.5 Å². The van der Waals surface area contributed by atoms with E-state index in [9.17, 15) is 14.4 Å². The smallest absolute Gasteiger partial charge is 0.251 e. The molecule has 0 atom stereocenters. The molecule has 1 aromatic heterocycles. The first-order valence-corrected chi connectivity index (χ1v) is 8.61. The van der Waals surface area contributed by atoms with Crippen molar-refractivity contribution in [3.8, 4) is 0 Å². The van der Waals surface area contributed by atoms with Crippen molar-refractivity contribution in [3.63, 3.8) is 0 Å². The van der Waals surface area contributed by atoms with Gasteiger partial charge in [0.1, 0.15) is 0 Å². The van der Waals surface area contributed by atoms with Gasteiger partial charge in [-0.15, -0.1) is 0 Å². The molecule has 0 aliphatic rings. The Labute approximate surface area is 157 Å². The molecule has 0 aliphatic carbocycles. The van der Waals surface area contributed by atoms with Gasteiger partial charge in [-0.3, -0.25) is 14.4 Å². The number of hydrogen-bond donors (Lipinski definition) is 1. The number of rotatable bonds is 6. The summed E-state index contributed by atoms with van der Waals surface area (Å²) < 4.78 is 2.01. The minimum Gasteiger partial charge on any atom is -0.350 e. The molecule has 1 N–H and O–H groups in total. The fourth-order valence-corrected chi connectivity index (χ4v) is 2.74. The first-order chi connectivity index (χ1) is 13.0. The largest absolute Gasteiger partial charge is 0.350 e. The average molecular weight is 360 g/mol. The molecule has 0 fully saturated rings. The van der Waals surface area contributed by atoms with E-state index < -0.39 is 11.6 Å². The lowest BCUT2D eigenvalue weighted by Gasteiger charge is -2.08. The van der Waals surface area contributed by atoms with Gasteiger partial charge >= 0.3 is 0 Å². The molecule has 1 amide bonds. The van der Waals surface area contributed by atoms with Gasteiger partial charge in [0, 0.05) is 35.1 Å². The molecule has 0 spiro atoms. The lowest BCUT2D eigenvalue weighted by molar-refractivity contribution is 0.0817. The van der Waals surface area contributed by atoms with Crippen LogP contribution in [0.2, 0.25) is 0 Å². The van der Waals surface area contributed by atoms with Crippen molar-refractivity contribution in [1.82, 2.24) is 9.88 Å². The first kappa shape index (κ1) is 18.3. The van der Waals surface area contributed by atoms with Crippen LogP contribution in [0.15, 0.2) is 66.7 Å². The maximum atomic E-state index is 12.3. The Bertz CT molecular complexity index is 986. The number of benzene rings is 2. The third kappa shape index (κ3) is 4.03. The number of nitrogens with zero attached hydrogens (tertiary/aromatic N) is 1. The lowest BCUT2D eigenvalue weighted by Crippen LogP contribution is -2.24. The van der Waals surface area contributed by atoms with Gasteiger partial charge in [0.15, 0.2) is 0 Å². The van der Waals surface area contributed by atoms with E-state index in [0.29, 0.717) is 17.7 Å². The molecular weight excluding hydrogens is 340 g/mol. The Morgan fingerprint density at radius 2 is 1.33 bits per heavy atom. The summed E-state index contributed by atoms with van der Waals surface area (Å²) in [5.41, 5.74) is 3.16. The molecular formula is C22H20N2O3. The van der Waals surface area contributed by atoms with Crippen LogP contribution in [0.5, 0.6) is 0 Å². The summed E-state index contributed by atoms with van der Waals surface area (Å²) in [6, 6.07) is 18.5. The predicted octanol–water partition coefficient (Wildman–Crippen LogP) is 3.33. The van der Waals surface area contributed by atoms with E-state index in [-0.39, 0.29) is 11.5 Å². The summed E-state index contributed by atoms with van der Waals surface area (Å²) in [4.78, 5) is 36.9. The third-order valence-corrected chi connectivity index (χ3v) is 4.56. The second-order valence-corrected chi connectivity index (χ2v) is 6.31. The normalized spacial score (nSPS) is 10.4. The van der Waals surface area contributed by atoms with Crippen molar-refractivity contribution in [2.45, 2.75) is 13.5 Å². The van der Waals surface area contributed by atoms with Crippen molar-refractivity contribution in [2.24, 2.45) is 7.05 Å². The monoisotopic (exact) mass is 360 g/mol. The summed E-state index contributed by atoms with van der Waals surface area (Å²) in [5, 5.41) is 2.86. The fraction of sp³-hybridized carbons (Fsp3) is 0.136. The van der Waals surface area contributed by atoms with Crippen LogP contribution >= 0.6 is 0 Å². The molecule has 5 nitrogen and oxygen atoms in total. The number of hydrogen-bond acceptors (Lipinski definition) is 3. The van der Waals surface area contributed by atoms with Crippen LogP contribution in [0.3, 0.4) is 0 Å². The molecule has 0 bridgehead atoms. The van der Waals surface area contributed by atoms with Gasteiger partial charge in [0.05, 0.1) is 6.54 Å². The minimum absolute atomic E-state index is 0.234. The first-order valence-electron chi connectivity index (χ1n) is 8.61. The number of nitrogens with one attached hydrogen (secondary N) is 1. The molecule has 0 saturated heterocycles. The lowest BCUT2D eigenvalue weighted by atomic mass is 10.0. The molecule has 136 valence electrons. The van der Waals surface area contributed by atoms with Gasteiger partial charge in [0.25, 0.3) is 5.91 Å². The quantitative estimate of drug-likeness (QED) is 0.542. The number of Topliss-reactive ketones (excluding diaryl/α,β-unsaturated/α-hetero) is 2. The molecule has 1 heterocycles. The van der Waals surface area contributed by atoms with E-state index in [1.807, 2.05) is 30.7 Å². The van der Waals surface area contributed by atoms with Crippen LogP contribution in [0, 0.1) is 6.92 Å². The molecule has 0 unspecified atom stereocenters. The Morgan fingerprint density at radius 1 is 0.778 bits per heavy atom. The maximum Gasteiger partial charge on any atom is 0.251 e. The summed E-state index contributed by atoms with van der Waals surface area (Å²) in [6.07, 6.45) is 0. The average Bonchev–Trinajstić information content (AvgIpc) is 3.03. The summed E-state index contributed by atoms with van der Waals surface area (Å²) >= 11 is 0. The molecule has 0 saturated carbocycles. The molecule has 5 heteroatoms. The van der Waals surface area contributed by atoms with E-state index in [1.165, 1.54) is 12.1 Å². The second kappa shape index (κ2) is 7.83. The molecule has 0 radical (unpaired) electrons. The van der Waals surface area contributed by atoms with Crippen molar-refractivity contribution in [3.05, 3.63) is 94.8 Å². The van der Waals surface area contributed by atoms with E-state index in [4.69, 9.17) is 0 Å². The number of ketones is 2. The zero-order valence-corrected chi connectivity index (χ0v) is 15.2. The highest BCUT2D eigenvalue weighted by Crippen LogP contribution is 2.11. The highest BCUT2D eigenvalue weighted by atomic mass is 16.2. The van der Waals surface area contributed by atoms with Crippen LogP contribution < -0.4 is 5.32 Å². The van der Waals surface area contributed by atoms with Crippen molar-refractivity contribution >= 4 is 17.5 Å². The fourth-order valence-electron chi connectivity index (χ4n) is 2.74. The number of aromatic nitrogens is 1. The molecule has 0 aliphatic heterocycles. The minimum atomic E-state index is -0.590. The van der Waals surface area contributed by atoms with Gasteiger partial charge in [-0.2, -0.15) is 0 Å². The van der Waals surface area contributed by atoms with Crippen molar-refractivity contribution < 1.29 is 14.4 Å². The van der Waals surface area contributed by atoms with Crippen LogP contribution in [-0.4, -0.2) is 22.0 Å². The van der Waals surface area contributed by atoms with E-state index >= 15 is 0 Å². The number of amides is 1. The van der Waals surface area contributed by atoms with Crippen molar-refractivity contribution in [1.29, 1.82) is 0 Å². The highest BCUT2D eigenvalue weighted by molar-refractivity contribution is 6.49. The van der Waals surface area contributed by atoms with Crippen LogP contribution in [0.1, 0.15) is 42.5 Å². The summed E-state index contributed by atoms with van der Waals surface area (Å²) in [5.74, 6) is -1.39. The van der Waals surface area contributed by atoms with Gasteiger partial charge < -0.3 is 9.88 Å². The standard InChI is InChI=1S/C22H20N2O3/c1-15-8-13-19(24(15)2)14-23-22(27)18-11-9-17(10-12-18)21(26)20(25)16-6-4-3-5-7-16/h3-13H,14H2,1-2H3,(H,23,27).